The smallest absolute Gasteiger partial charge is 0.318 e. The Morgan fingerprint density at radius 3 is 2.42 bits per heavy atom. The molecule has 36 heavy (non-hydrogen) atoms. The zero-order valence-corrected chi connectivity index (χ0v) is 20.8. The largest absolute Gasteiger partial charge is 0.490 e. The number of nitrogens with one attached hydrogen (secondary N) is 1. The number of rotatable bonds is 9. The molecule has 11 nitrogen and oxygen atoms in total. The highest BCUT2D eigenvalue weighted by Crippen LogP contribution is 2.41. The molecule has 0 aromatic heterocycles. The number of hydrogen-bond donors (Lipinski definition) is 1. The summed E-state index contributed by atoms with van der Waals surface area (Å²) in [5.41, 5.74) is -0.213. The van der Waals surface area contributed by atoms with Crippen molar-refractivity contribution in [2.24, 2.45) is 0 Å². The van der Waals surface area contributed by atoms with E-state index in [1.807, 2.05) is 28.7 Å². The van der Waals surface area contributed by atoms with Crippen LogP contribution in [0.4, 0.5) is 17.1 Å². The molecule has 182 valence electrons. The molecule has 3 aromatic carbocycles. The van der Waals surface area contributed by atoms with Gasteiger partial charge >= 0.3 is 5.69 Å². The van der Waals surface area contributed by atoms with E-state index in [1.54, 1.807) is 43.3 Å². The van der Waals surface area contributed by atoms with Gasteiger partial charge in [-0.3, -0.25) is 25.0 Å². The zero-order chi connectivity index (χ0) is 26.2. The minimum Gasteiger partial charge on any atom is -0.490 e. The number of benzene rings is 3. The molecule has 0 saturated heterocycles. The number of non-ortho nitro benzene ring substituents is 1. The first-order chi connectivity index (χ1) is 17.2. The number of nitrogens with zero attached hydrogens (tertiary/aromatic N) is 3. The molecule has 0 aliphatic carbocycles. The first-order valence-electron chi connectivity index (χ1n) is 10.3. The van der Waals surface area contributed by atoms with E-state index in [1.165, 1.54) is 12.1 Å². The average Bonchev–Trinajstić information content (AvgIpc) is 2.85. The van der Waals surface area contributed by atoms with Gasteiger partial charge in [0, 0.05) is 11.8 Å². The molecule has 3 rings (SSSR count). The van der Waals surface area contributed by atoms with Crippen LogP contribution in [-0.4, -0.2) is 22.4 Å². The third-order valence-electron chi connectivity index (χ3n) is 4.60. The van der Waals surface area contributed by atoms with Crippen molar-refractivity contribution in [1.29, 1.82) is 5.26 Å². The molecule has 12 heteroatoms. The first-order valence-corrected chi connectivity index (χ1v) is 11.4. The number of nitriles is 1. The van der Waals surface area contributed by atoms with Gasteiger partial charge in [0.15, 0.2) is 11.5 Å². The Morgan fingerprint density at radius 1 is 1.08 bits per heavy atom. The van der Waals surface area contributed by atoms with E-state index in [0.717, 1.165) is 18.2 Å². The summed E-state index contributed by atoms with van der Waals surface area (Å²) in [4.78, 5) is 33.5. The summed E-state index contributed by atoms with van der Waals surface area (Å²) in [6.45, 7) is 1.95. The number of hydrogen-bond acceptors (Lipinski definition) is 8. The van der Waals surface area contributed by atoms with Gasteiger partial charge < -0.3 is 14.8 Å². The summed E-state index contributed by atoms with van der Waals surface area (Å²) in [6, 6.07) is 16.7. The highest BCUT2D eigenvalue weighted by molar-refractivity contribution is 14.1. The Labute approximate surface area is 218 Å². The van der Waals surface area contributed by atoms with Gasteiger partial charge in [-0.2, -0.15) is 5.26 Å². The summed E-state index contributed by atoms with van der Waals surface area (Å²) in [7, 11) is 0. The van der Waals surface area contributed by atoms with Gasteiger partial charge in [0.1, 0.15) is 11.6 Å². The number of ether oxygens (including phenoxy) is 2. The lowest BCUT2D eigenvalue weighted by Crippen LogP contribution is -2.13. The molecule has 0 radical (unpaired) electrons. The summed E-state index contributed by atoms with van der Waals surface area (Å²) in [5, 5.41) is 34.6. The second kappa shape index (κ2) is 11.8. The van der Waals surface area contributed by atoms with E-state index in [-0.39, 0.29) is 29.4 Å². The molecule has 0 bridgehead atoms. The van der Waals surface area contributed by atoms with E-state index in [2.05, 4.69) is 5.32 Å². The first kappa shape index (κ1) is 26.1. The van der Waals surface area contributed by atoms with Crippen molar-refractivity contribution < 1.29 is 24.1 Å². The van der Waals surface area contributed by atoms with Gasteiger partial charge in [0.05, 0.1) is 26.1 Å². The molecule has 0 unspecified atom stereocenters. The highest BCUT2D eigenvalue weighted by Gasteiger charge is 2.23. The molecule has 0 heterocycles. The molecule has 0 atom stereocenters. The monoisotopic (exact) mass is 600 g/mol. The van der Waals surface area contributed by atoms with Crippen LogP contribution in [0.25, 0.3) is 6.08 Å². The summed E-state index contributed by atoms with van der Waals surface area (Å²) in [5.74, 6) is -0.478. The Bertz CT molecular complexity index is 1400. The molecular formula is C24H17IN4O7. The van der Waals surface area contributed by atoms with Gasteiger partial charge in [-0.05, 0) is 71.5 Å². The van der Waals surface area contributed by atoms with Crippen LogP contribution in [-0.2, 0) is 4.79 Å². The number of carbonyl (C=O) groups excluding carboxylic acids is 1. The van der Waals surface area contributed by atoms with Crippen molar-refractivity contribution >= 4 is 51.6 Å². The van der Waals surface area contributed by atoms with Crippen LogP contribution < -0.4 is 14.8 Å². The Kier molecular flexibility index (Phi) is 8.52. The number of halogens is 1. The molecule has 0 fully saturated rings. The van der Waals surface area contributed by atoms with Gasteiger partial charge in [-0.25, -0.2) is 0 Å². The molecule has 1 N–H and O–H groups in total. The van der Waals surface area contributed by atoms with Crippen molar-refractivity contribution in [2.75, 3.05) is 11.9 Å². The second-order valence-electron chi connectivity index (χ2n) is 7.02. The van der Waals surface area contributed by atoms with Gasteiger partial charge in [0.2, 0.25) is 5.75 Å². The van der Waals surface area contributed by atoms with E-state index < -0.39 is 27.1 Å². The topological polar surface area (TPSA) is 158 Å². The third kappa shape index (κ3) is 6.33. The fourth-order valence-corrected chi connectivity index (χ4v) is 3.76. The lowest BCUT2D eigenvalue weighted by molar-refractivity contribution is -0.394. The van der Waals surface area contributed by atoms with Crippen LogP contribution in [0.5, 0.6) is 17.2 Å². The van der Waals surface area contributed by atoms with Crippen LogP contribution in [0.15, 0.2) is 66.2 Å². The minimum absolute atomic E-state index is 0.138. The van der Waals surface area contributed by atoms with Gasteiger partial charge in [-0.15, -0.1) is 0 Å². The molecular weight excluding hydrogens is 583 g/mol. The van der Waals surface area contributed by atoms with Crippen LogP contribution >= 0.6 is 22.6 Å². The lowest BCUT2D eigenvalue weighted by Gasteiger charge is -2.14. The van der Waals surface area contributed by atoms with Crippen molar-refractivity contribution in [3.8, 4) is 23.3 Å². The number of amides is 1. The van der Waals surface area contributed by atoms with E-state index in [0.29, 0.717) is 14.8 Å². The van der Waals surface area contributed by atoms with E-state index >= 15 is 0 Å². The maximum absolute atomic E-state index is 12.6. The quantitative estimate of drug-likeness (QED) is 0.105. The maximum Gasteiger partial charge on any atom is 0.318 e. The Morgan fingerprint density at radius 2 is 1.81 bits per heavy atom. The third-order valence-corrected chi connectivity index (χ3v) is 5.40. The average molecular weight is 600 g/mol. The molecule has 3 aromatic rings. The summed E-state index contributed by atoms with van der Waals surface area (Å²) < 4.78 is 11.9. The maximum atomic E-state index is 12.6. The van der Waals surface area contributed by atoms with Crippen LogP contribution in [0.2, 0.25) is 0 Å². The molecule has 0 spiro atoms. The van der Waals surface area contributed by atoms with Crippen LogP contribution in [0.1, 0.15) is 12.5 Å². The Hall–Kier alpha value is -4.51. The predicted octanol–water partition coefficient (Wildman–Crippen LogP) is 5.84. The van der Waals surface area contributed by atoms with Crippen LogP contribution in [0, 0.1) is 35.1 Å². The van der Waals surface area contributed by atoms with Gasteiger partial charge in [0.25, 0.3) is 11.6 Å². The molecule has 0 aliphatic heterocycles. The zero-order valence-electron chi connectivity index (χ0n) is 18.6. The second-order valence-corrected chi connectivity index (χ2v) is 8.18. The molecule has 0 aliphatic rings. The fourth-order valence-electron chi connectivity index (χ4n) is 3.03. The van der Waals surface area contributed by atoms with Crippen molar-refractivity contribution in [1.82, 2.24) is 0 Å². The van der Waals surface area contributed by atoms with E-state index in [4.69, 9.17) is 9.47 Å². The summed E-state index contributed by atoms with van der Waals surface area (Å²) >= 11 is 1.92. The number of nitro benzene ring substituents is 2. The number of anilines is 1. The number of carbonyl (C=O) groups is 1. The van der Waals surface area contributed by atoms with Crippen molar-refractivity contribution in [3.63, 3.8) is 0 Å². The van der Waals surface area contributed by atoms with E-state index in [9.17, 15) is 30.3 Å². The van der Waals surface area contributed by atoms with Crippen molar-refractivity contribution in [3.05, 3.63) is 95.6 Å². The summed E-state index contributed by atoms with van der Waals surface area (Å²) in [6.07, 6.45) is 1.38. The normalized spacial score (nSPS) is 10.8. The Balaban J connectivity index is 1.98. The van der Waals surface area contributed by atoms with Crippen molar-refractivity contribution in [2.45, 2.75) is 6.92 Å². The number of nitro groups is 2. The minimum atomic E-state index is -0.781. The molecule has 0 saturated carbocycles. The standard InChI is InChI=1S/C24H17IN4O7/c1-2-35-22-12-15(10-16(14-26)24(30)27-17-6-4-3-5-7-17)11-19(25)23(22)36-21-9-8-18(28(31)32)13-20(21)29(33)34/h3-13H,2H2,1H3,(H,27,30). The molecule has 1 amide bonds. The lowest BCUT2D eigenvalue weighted by atomic mass is 10.1. The fraction of sp³-hybridized carbons (Fsp3) is 0.0833. The highest BCUT2D eigenvalue weighted by atomic mass is 127. The van der Waals surface area contributed by atoms with Gasteiger partial charge in [-0.1, -0.05) is 18.2 Å². The SMILES string of the molecule is CCOc1cc(C=C(C#N)C(=O)Nc2ccccc2)cc(I)c1Oc1ccc([N+](=O)[O-])cc1[N+](=O)[O-]. The van der Waals surface area contributed by atoms with Crippen LogP contribution in [0.3, 0.4) is 0 Å². The predicted molar refractivity (Wildman–Crippen MR) is 139 cm³/mol. The number of para-hydroxylation sites is 1.